The molecule has 17 rings (SSSR count). The average molecular weight is 929 g/mol. The lowest BCUT2D eigenvalue weighted by Crippen LogP contribution is -2.28. The van der Waals surface area contributed by atoms with Gasteiger partial charge in [-0.3, -0.25) is 0 Å². The molecule has 11 aromatic carbocycles. The van der Waals surface area contributed by atoms with E-state index in [1.165, 1.54) is 138 Å². The van der Waals surface area contributed by atoms with Crippen LogP contribution in [-0.4, -0.2) is 9.13 Å². The van der Waals surface area contributed by atoms with Gasteiger partial charge in [-0.1, -0.05) is 196 Å². The average Bonchev–Trinajstić information content (AvgIpc) is 4.07. The standard InChI is InChI=1S/C71H48N2/c1-71(2)61-25-13-10-18-51(61)52-35-34-48(42-62(52)71)73-64-27-15-12-20-54(64)60-41-46(31-39-66(60)73)50-37-36-49(69-67-55-21-6-8-23-57(55)68(70(50)69)58-24-9-7-22-56(58)67)45-30-38-65-59(40-45)53-19-11-14-26-63(53)72(65)47-32-28-44(29-33-47)43-16-4-3-5-17-43/h3-42,67-68H,1-2H3. The first kappa shape index (κ1) is 40.7. The van der Waals surface area contributed by atoms with Gasteiger partial charge in [0, 0.05) is 50.2 Å². The Morgan fingerprint density at radius 2 is 0.699 bits per heavy atom. The quantitative estimate of drug-likeness (QED) is 0.163. The Labute approximate surface area is 424 Å². The molecule has 0 saturated heterocycles. The van der Waals surface area contributed by atoms with E-state index in [4.69, 9.17) is 0 Å². The first-order chi connectivity index (χ1) is 36.0. The molecule has 4 aliphatic rings. The smallest absolute Gasteiger partial charge is 0.0541 e. The summed E-state index contributed by atoms with van der Waals surface area (Å²) in [5, 5.41) is 5.06. The molecule has 13 aromatic rings. The third kappa shape index (κ3) is 5.64. The number of para-hydroxylation sites is 2. The van der Waals surface area contributed by atoms with Crippen molar-refractivity contribution in [2.75, 3.05) is 0 Å². The van der Waals surface area contributed by atoms with E-state index in [9.17, 15) is 0 Å². The van der Waals surface area contributed by atoms with Crippen LogP contribution >= 0.6 is 0 Å². The van der Waals surface area contributed by atoms with E-state index >= 15 is 0 Å². The molecule has 0 atom stereocenters. The van der Waals surface area contributed by atoms with Gasteiger partial charge in [-0.2, -0.15) is 0 Å². The maximum absolute atomic E-state index is 2.49. The van der Waals surface area contributed by atoms with E-state index in [0.29, 0.717) is 0 Å². The molecule has 0 aliphatic heterocycles. The molecule has 2 heteroatoms. The Morgan fingerprint density at radius 3 is 1.27 bits per heavy atom. The summed E-state index contributed by atoms with van der Waals surface area (Å²) < 4.78 is 4.93. The van der Waals surface area contributed by atoms with Gasteiger partial charge in [-0.05, 0) is 150 Å². The maximum atomic E-state index is 2.49. The monoisotopic (exact) mass is 928 g/mol. The summed E-state index contributed by atoms with van der Waals surface area (Å²) in [6.07, 6.45) is 0. The van der Waals surface area contributed by atoms with Gasteiger partial charge in [0.15, 0.2) is 0 Å². The molecular weight excluding hydrogens is 881 g/mol. The largest absolute Gasteiger partial charge is 0.309 e. The Hall–Kier alpha value is -8.98. The summed E-state index contributed by atoms with van der Waals surface area (Å²) in [7, 11) is 0. The topological polar surface area (TPSA) is 9.86 Å². The molecule has 0 fully saturated rings. The molecule has 4 aliphatic carbocycles. The molecule has 0 spiro atoms. The third-order valence-corrected chi connectivity index (χ3v) is 17.1. The zero-order valence-corrected chi connectivity index (χ0v) is 40.6. The summed E-state index contributed by atoms with van der Waals surface area (Å²) in [4.78, 5) is 0. The number of benzene rings is 11. The molecule has 0 amide bonds. The lowest BCUT2D eigenvalue weighted by atomic mass is 9.58. The molecule has 0 saturated carbocycles. The summed E-state index contributed by atoms with van der Waals surface area (Å²) in [6.45, 7) is 4.75. The molecule has 2 bridgehead atoms. The lowest BCUT2D eigenvalue weighted by Gasteiger charge is -2.44. The number of hydrogen-bond acceptors (Lipinski definition) is 0. The van der Waals surface area contributed by atoms with Crippen LogP contribution in [0.3, 0.4) is 0 Å². The molecule has 73 heavy (non-hydrogen) atoms. The summed E-state index contributed by atoms with van der Waals surface area (Å²) in [5.74, 6) is 0.200. The van der Waals surface area contributed by atoms with Crippen LogP contribution in [0.1, 0.15) is 70.2 Å². The second-order valence-electron chi connectivity index (χ2n) is 21.1. The van der Waals surface area contributed by atoms with Gasteiger partial charge >= 0.3 is 0 Å². The van der Waals surface area contributed by atoms with E-state index in [1.54, 1.807) is 0 Å². The summed E-state index contributed by atoms with van der Waals surface area (Å²) >= 11 is 0. The van der Waals surface area contributed by atoms with Crippen LogP contribution in [0.5, 0.6) is 0 Å². The van der Waals surface area contributed by atoms with Crippen LogP contribution < -0.4 is 0 Å². The highest BCUT2D eigenvalue weighted by Gasteiger charge is 2.44. The number of fused-ring (bicyclic) bond motifs is 9. The minimum absolute atomic E-state index is 0.0870. The molecule has 342 valence electrons. The summed E-state index contributed by atoms with van der Waals surface area (Å²) in [6, 6.07) is 91.6. The van der Waals surface area contributed by atoms with Crippen molar-refractivity contribution in [2.24, 2.45) is 0 Å². The first-order valence-corrected chi connectivity index (χ1v) is 25.8. The highest BCUT2D eigenvalue weighted by atomic mass is 15.0. The number of rotatable bonds is 5. The molecular formula is C71H48N2. The SMILES string of the molecule is CC1(C)c2ccccc2-c2ccc(-n3c4ccccc4c4cc(-c5ccc(-c6ccc7c(c6)c6ccccc6n7-c6ccc(-c7ccccc7)cc6)c6c5C5c7ccccc7C6c6ccccc65)ccc43)cc21. The fraction of sp³-hybridized carbons (Fsp3) is 0.0704. The van der Waals surface area contributed by atoms with Crippen LogP contribution in [0.15, 0.2) is 243 Å². The van der Waals surface area contributed by atoms with Gasteiger partial charge in [0.05, 0.1) is 22.1 Å². The molecule has 2 heterocycles. The van der Waals surface area contributed by atoms with E-state index < -0.39 is 0 Å². The number of hydrogen-bond donors (Lipinski definition) is 0. The van der Waals surface area contributed by atoms with Crippen LogP contribution in [0.2, 0.25) is 0 Å². The zero-order chi connectivity index (χ0) is 48.1. The van der Waals surface area contributed by atoms with E-state index in [2.05, 4.69) is 266 Å². The minimum Gasteiger partial charge on any atom is -0.309 e. The third-order valence-electron chi connectivity index (χ3n) is 17.1. The van der Waals surface area contributed by atoms with Crippen molar-refractivity contribution in [3.63, 3.8) is 0 Å². The Kier molecular flexibility index (Phi) is 8.38. The van der Waals surface area contributed by atoms with Gasteiger partial charge in [0.1, 0.15) is 0 Å². The minimum atomic E-state index is -0.0870. The van der Waals surface area contributed by atoms with Crippen molar-refractivity contribution >= 4 is 43.6 Å². The van der Waals surface area contributed by atoms with E-state index in [0.717, 1.165) is 5.69 Å². The van der Waals surface area contributed by atoms with Crippen molar-refractivity contribution in [2.45, 2.75) is 31.1 Å². The van der Waals surface area contributed by atoms with Gasteiger partial charge in [-0.25, -0.2) is 0 Å². The number of aromatic nitrogens is 2. The van der Waals surface area contributed by atoms with Crippen molar-refractivity contribution in [3.8, 4) is 55.9 Å². The number of nitrogens with zero attached hydrogens (tertiary/aromatic N) is 2. The lowest BCUT2D eigenvalue weighted by molar-refractivity contribution is 0.660. The van der Waals surface area contributed by atoms with Crippen molar-refractivity contribution in [3.05, 3.63) is 287 Å². The maximum Gasteiger partial charge on any atom is 0.0541 e. The van der Waals surface area contributed by atoms with Crippen molar-refractivity contribution in [1.29, 1.82) is 0 Å². The Balaban J connectivity index is 0.889. The fourth-order valence-electron chi connectivity index (χ4n) is 13.9. The Bertz CT molecular complexity index is 4420. The second kappa shape index (κ2) is 15.0. The van der Waals surface area contributed by atoms with Crippen molar-refractivity contribution < 1.29 is 0 Å². The molecule has 0 N–H and O–H groups in total. The molecule has 0 radical (unpaired) electrons. The highest BCUT2D eigenvalue weighted by molar-refractivity contribution is 6.12. The summed E-state index contributed by atoms with van der Waals surface area (Å²) in [5.41, 5.74) is 28.8. The molecule has 2 aromatic heterocycles. The predicted molar refractivity (Wildman–Crippen MR) is 304 cm³/mol. The van der Waals surface area contributed by atoms with Crippen LogP contribution in [0.4, 0.5) is 0 Å². The van der Waals surface area contributed by atoms with Crippen molar-refractivity contribution in [1.82, 2.24) is 9.13 Å². The second-order valence-corrected chi connectivity index (χ2v) is 21.1. The van der Waals surface area contributed by atoms with Crippen LogP contribution in [0.25, 0.3) is 99.5 Å². The molecule has 2 nitrogen and oxygen atoms in total. The van der Waals surface area contributed by atoms with Crippen LogP contribution in [0, 0.1) is 0 Å². The van der Waals surface area contributed by atoms with Gasteiger partial charge in [0.25, 0.3) is 0 Å². The van der Waals surface area contributed by atoms with Gasteiger partial charge in [0.2, 0.25) is 0 Å². The zero-order valence-electron chi connectivity index (χ0n) is 40.6. The molecule has 0 unspecified atom stereocenters. The van der Waals surface area contributed by atoms with Crippen LogP contribution in [-0.2, 0) is 5.41 Å². The predicted octanol–water partition coefficient (Wildman–Crippen LogP) is 18.2. The Morgan fingerprint density at radius 1 is 0.288 bits per heavy atom. The van der Waals surface area contributed by atoms with E-state index in [1.807, 2.05) is 0 Å². The normalized spacial score (nSPS) is 15.6. The van der Waals surface area contributed by atoms with E-state index in [-0.39, 0.29) is 17.3 Å². The first-order valence-electron chi connectivity index (χ1n) is 25.8. The van der Waals surface area contributed by atoms with Gasteiger partial charge < -0.3 is 9.13 Å². The van der Waals surface area contributed by atoms with Gasteiger partial charge in [-0.15, -0.1) is 0 Å². The fourth-order valence-corrected chi connectivity index (χ4v) is 13.9. The highest BCUT2D eigenvalue weighted by Crippen LogP contribution is 2.60.